The highest BCUT2D eigenvalue weighted by Gasteiger charge is 2.18. The molecular weight excluding hydrogens is 244 g/mol. The average Bonchev–Trinajstić information content (AvgIpc) is 2.34. The van der Waals surface area contributed by atoms with Crippen molar-refractivity contribution in [3.8, 4) is 0 Å². The second-order valence-corrected chi connectivity index (χ2v) is 3.57. The zero-order valence-corrected chi connectivity index (χ0v) is 9.91. The number of nitrogens with one attached hydrogen (secondary N) is 1. The molecule has 0 fully saturated rings. The van der Waals surface area contributed by atoms with Gasteiger partial charge in [-0.3, -0.25) is 10.6 Å². The summed E-state index contributed by atoms with van der Waals surface area (Å²) in [6.45, 7) is 1.93. The minimum Gasteiger partial charge on any atom is -0.395 e. The lowest BCUT2D eigenvalue weighted by Gasteiger charge is -2.20. The number of likely N-dealkylation sites (N-methyl/N-ethyl adjacent to an activating group) is 1. The first-order chi connectivity index (χ1) is 8.54. The first kappa shape index (κ1) is 14.3. The maximum Gasteiger partial charge on any atom is 0.254 e. The number of hydrazine groups is 1. The van der Waals surface area contributed by atoms with Crippen molar-refractivity contribution in [2.45, 2.75) is 6.92 Å². The number of aliphatic hydroxyl groups excluding tert-OH is 1. The number of aliphatic hydroxyl groups is 1. The number of halogens is 2. The van der Waals surface area contributed by atoms with Crippen molar-refractivity contribution in [3.63, 3.8) is 0 Å². The molecule has 1 aromatic rings. The normalized spacial score (nSPS) is 10.3. The van der Waals surface area contributed by atoms with Gasteiger partial charge in [0.25, 0.3) is 5.91 Å². The Balaban J connectivity index is 3.06. The Kier molecular flexibility index (Phi) is 4.99. The Bertz CT molecular complexity index is 417. The molecule has 1 amide bonds. The van der Waals surface area contributed by atoms with Crippen molar-refractivity contribution >= 4 is 11.6 Å². The minimum absolute atomic E-state index is 0.107. The SMILES string of the molecule is CCN(CCO)C(=O)c1cc(F)c(NN)c(F)c1. The molecule has 5 nitrogen and oxygen atoms in total. The number of carbonyl (C=O) groups excluding carboxylic acids is 1. The molecule has 0 aliphatic rings. The predicted molar refractivity (Wildman–Crippen MR) is 62.8 cm³/mol. The van der Waals surface area contributed by atoms with Gasteiger partial charge in [0.15, 0.2) is 11.6 Å². The fraction of sp³-hybridized carbons (Fsp3) is 0.364. The van der Waals surface area contributed by atoms with Gasteiger partial charge in [-0.25, -0.2) is 8.78 Å². The number of nitrogen functional groups attached to an aromatic ring is 1. The molecule has 0 bridgehead atoms. The van der Waals surface area contributed by atoms with E-state index in [-0.39, 0.29) is 18.7 Å². The maximum atomic E-state index is 13.4. The van der Waals surface area contributed by atoms with Crippen LogP contribution in [-0.2, 0) is 0 Å². The molecule has 0 radical (unpaired) electrons. The van der Waals surface area contributed by atoms with Crippen LogP contribution >= 0.6 is 0 Å². The standard InChI is InChI=1S/C11H15F2N3O2/c1-2-16(3-4-17)11(18)7-5-8(12)10(15-14)9(13)6-7/h5-6,15,17H,2-4,14H2,1H3. The summed E-state index contributed by atoms with van der Waals surface area (Å²) in [5.41, 5.74) is 1.27. The second-order valence-electron chi connectivity index (χ2n) is 3.57. The zero-order chi connectivity index (χ0) is 13.7. The number of rotatable bonds is 5. The van der Waals surface area contributed by atoms with E-state index in [9.17, 15) is 13.6 Å². The Morgan fingerprint density at radius 1 is 1.44 bits per heavy atom. The van der Waals surface area contributed by atoms with Crippen LogP contribution in [0.1, 0.15) is 17.3 Å². The van der Waals surface area contributed by atoms with Crippen LogP contribution in [0.3, 0.4) is 0 Å². The zero-order valence-electron chi connectivity index (χ0n) is 9.91. The van der Waals surface area contributed by atoms with Gasteiger partial charge in [-0.05, 0) is 19.1 Å². The Labute approximate surface area is 103 Å². The van der Waals surface area contributed by atoms with Crippen LogP contribution < -0.4 is 11.3 Å². The van der Waals surface area contributed by atoms with Crippen molar-refractivity contribution in [1.82, 2.24) is 4.90 Å². The number of hydrogen-bond donors (Lipinski definition) is 3. The third-order valence-electron chi connectivity index (χ3n) is 2.47. The molecule has 1 rings (SSSR count). The number of nitrogens with zero attached hydrogens (tertiary/aromatic N) is 1. The van der Waals surface area contributed by atoms with Gasteiger partial charge >= 0.3 is 0 Å². The van der Waals surface area contributed by atoms with Gasteiger partial charge in [0.2, 0.25) is 0 Å². The summed E-state index contributed by atoms with van der Waals surface area (Å²) in [6, 6.07) is 1.81. The number of benzene rings is 1. The van der Waals surface area contributed by atoms with Crippen molar-refractivity contribution in [2.24, 2.45) is 5.84 Å². The van der Waals surface area contributed by atoms with E-state index in [4.69, 9.17) is 10.9 Å². The smallest absolute Gasteiger partial charge is 0.254 e. The lowest BCUT2D eigenvalue weighted by atomic mass is 10.1. The molecule has 0 spiro atoms. The molecular formula is C11H15F2N3O2. The Morgan fingerprint density at radius 2 is 2.00 bits per heavy atom. The number of amides is 1. The second kappa shape index (κ2) is 6.27. The minimum atomic E-state index is -0.944. The van der Waals surface area contributed by atoms with E-state index in [0.29, 0.717) is 6.54 Å². The third kappa shape index (κ3) is 2.93. The van der Waals surface area contributed by atoms with Crippen molar-refractivity contribution in [2.75, 3.05) is 25.1 Å². The van der Waals surface area contributed by atoms with Gasteiger partial charge in [0, 0.05) is 18.7 Å². The number of hydrogen-bond acceptors (Lipinski definition) is 4. The summed E-state index contributed by atoms with van der Waals surface area (Å²) in [5.74, 6) is 2.52. The van der Waals surface area contributed by atoms with Crippen LogP contribution in [0.2, 0.25) is 0 Å². The van der Waals surface area contributed by atoms with E-state index in [2.05, 4.69) is 0 Å². The lowest BCUT2D eigenvalue weighted by molar-refractivity contribution is 0.0731. The van der Waals surface area contributed by atoms with Gasteiger partial charge in [-0.1, -0.05) is 0 Å². The molecule has 0 aliphatic carbocycles. The molecule has 100 valence electrons. The topological polar surface area (TPSA) is 78.6 Å². The van der Waals surface area contributed by atoms with Crippen LogP contribution in [0.5, 0.6) is 0 Å². The fourth-order valence-corrected chi connectivity index (χ4v) is 1.54. The van der Waals surface area contributed by atoms with Crippen LogP contribution in [0.4, 0.5) is 14.5 Å². The molecule has 1 aromatic carbocycles. The molecule has 0 saturated heterocycles. The van der Waals surface area contributed by atoms with Crippen LogP contribution in [0.25, 0.3) is 0 Å². The lowest BCUT2D eigenvalue weighted by Crippen LogP contribution is -2.33. The van der Waals surface area contributed by atoms with Crippen molar-refractivity contribution < 1.29 is 18.7 Å². The molecule has 0 unspecified atom stereocenters. The van der Waals surface area contributed by atoms with Gasteiger partial charge in [0.1, 0.15) is 5.69 Å². The largest absolute Gasteiger partial charge is 0.395 e. The molecule has 0 saturated carbocycles. The summed E-state index contributed by atoms with van der Waals surface area (Å²) < 4.78 is 26.8. The van der Waals surface area contributed by atoms with Gasteiger partial charge in [-0.15, -0.1) is 0 Å². The number of nitrogens with two attached hydrogens (primary N) is 1. The van der Waals surface area contributed by atoms with E-state index < -0.39 is 23.2 Å². The predicted octanol–water partition coefficient (Wildman–Crippen LogP) is 0.705. The highest BCUT2D eigenvalue weighted by molar-refractivity contribution is 5.94. The molecule has 0 atom stereocenters. The first-order valence-corrected chi connectivity index (χ1v) is 5.40. The van der Waals surface area contributed by atoms with Gasteiger partial charge < -0.3 is 15.4 Å². The van der Waals surface area contributed by atoms with Gasteiger partial charge in [0.05, 0.1) is 6.61 Å². The molecule has 0 aliphatic heterocycles. The van der Waals surface area contributed by atoms with Crippen LogP contribution in [-0.4, -0.2) is 35.6 Å². The average molecular weight is 259 g/mol. The highest BCUT2D eigenvalue weighted by atomic mass is 19.1. The highest BCUT2D eigenvalue weighted by Crippen LogP contribution is 2.20. The molecule has 0 heterocycles. The van der Waals surface area contributed by atoms with E-state index in [1.54, 1.807) is 6.92 Å². The van der Waals surface area contributed by atoms with E-state index in [1.165, 1.54) is 4.90 Å². The summed E-state index contributed by atoms with van der Waals surface area (Å²) >= 11 is 0. The molecule has 18 heavy (non-hydrogen) atoms. The van der Waals surface area contributed by atoms with E-state index in [0.717, 1.165) is 12.1 Å². The summed E-state index contributed by atoms with van der Waals surface area (Å²) in [5, 5.41) is 8.79. The summed E-state index contributed by atoms with van der Waals surface area (Å²) in [6.07, 6.45) is 0. The van der Waals surface area contributed by atoms with Crippen molar-refractivity contribution in [3.05, 3.63) is 29.3 Å². The molecule has 0 aromatic heterocycles. The fourth-order valence-electron chi connectivity index (χ4n) is 1.54. The van der Waals surface area contributed by atoms with Crippen LogP contribution in [0.15, 0.2) is 12.1 Å². The third-order valence-corrected chi connectivity index (χ3v) is 2.47. The van der Waals surface area contributed by atoms with Crippen LogP contribution in [0, 0.1) is 11.6 Å². The van der Waals surface area contributed by atoms with E-state index >= 15 is 0 Å². The Hall–Kier alpha value is -1.73. The Morgan fingerprint density at radius 3 is 2.39 bits per heavy atom. The quantitative estimate of drug-likeness (QED) is 0.537. The van der Waals surface area contributed by atoms with Crippen molar-refractivity contribution in [1.29, 1.82) is 0 Å². The maximum absolute atomic E-state index is 13.4. The molecule has 7 heteroatoms. The monoisotopic (exact) mass is 259 g/mol. The first-order valence-electron chi connectivity index (χ1n) is 5.40. The number of anilines is 1. The van der Waals surface area contributed by atoms with Gasteiger partial charge in [-0.2, -0.15) is 0 Å². The number of carbonyl (C=O) groups is 1. The molecule has 4 N–H and O–H groups in total. The summed E-state index contributed by atoms with van der Waals surface area (Å²) in [7, 11) is 0. The van der Waals surface area contributed by atoms with E-state index in [1.807, 2.05) is 5.43 Å². The summed E-state index contributed by atoms with van der Waals surface area (Å²) in [4.78, 5) is 13.2.